The molecular formula is C10H22BS2. The first-order chi connectivity index (χ1) is 6.02. The Bertz CT molecular complexity index is 157. The first-order valence-corrected chi connectivity index (χ1v) is 7.72. The van der Waals surface area contributed by atoms with Gasteiger partial charge in [0, 0.05) is 0 Å². The van der Waals surface area contributed by atoms with Crippen LogP contribution in [0.15, 0.2) is 0 Å². The van der Waals surface area contributed by atoms with Crippen LogP contribution in [0.25, 0.3) is 0 Å². The van der Waals surface area contributed by atoms with Crippen molar-refractivity contribution in [2.45, 2.75) is 50.4 Å². The van der Waals surface area contributed by atoms with Crippen molar-refractivity contribution in [1.82, 2.24) is 0 Å². The van der Waals surface area contributed by atoms with Gasteiger partial charge in [-0.2, -0.15) is 0 Å². The summed E-state index contributed by atoms with van der Waals surface area (Å²) >= 11 is 1.89. The molecule has 0 aromatic rings. The summed E-state index contributed by atoms with van der Waals surface area (Å²) in [4.78, 5) is 0. The summed E-state index contributed by atoms with van der Waals surface area (Å²) < 4.78 is 0.615. The molecule has 0 aliphatic heterocycles. The van der Waals surface area contributed by atoms with E-state index in [4.69, 9.17) is 6.72 Å². The second-order valence-corrected chi connectivity index (χ2v) is 7.54. The molecule has 0 aliphatic carbocycles. The Balaban J connectivity index is 4.14. The number of rotatable bonds is 6. The minimum atomic E-state index is 0.0898. The third-order valence-electron chi connectivity index (χ3n) is 2.29. The quantitative estimate of drug-likeness (QED) is 0.608. The molecule has 0 nitrogen and oxygen atoms in total. The van der Waals surface area contributed by atoms with Gasteiger partial charge in [-0.1, -0.05) is 0 Å². The molecule has 3 atom stereocenters. The van der Waals surface area contributed by atoms with Crippen molar-refractivity contribution in [2.24, 2.45) is 5.92 Å². The molecule has 0 heterocycles. The van der Waals surface area contributed by atoms with Gasteiger partial charge in [-0.05, 0) is 0 Å². The second-order valence-electron chi connectivity index (χ2n) is 3.87. The van der Waals surface area contributed by atoms with Gasteiger partial charge in [0.25, 0.3) is 0 Å². The van der Waals surface area contributed by atoms with Gasteiger partial charge in [0.2, 0.25) is 0 Å². The fraction of sp³-hybridized carbons (Fsp3) is 1.00. The maximum absolute atomic E-state index is 6.24. The van der Waals surface area contributed by atoms with E-state index in [9.17, 15) is 0 Å². The van der Waals surface area contributed by atoms with Gasteiger partial charge >= 0.3 is 91.3 Å². The molecule has 0 rings (SSSR count). The molecule has 0 aliphatic rings. The summed E-state index contributed by atoms with van der Waals surface area (Å²) in [6.07, 6.45) is 4.66. The predicted octanol–water partition coefficient (Wildman–Crippen LogP) is 3.87. The van der Waals surface area contributed by atoms with E-state index in [1.54, 1.807) is 0 Å². The van der Waals surface area contributed by atoms with Crippen LogP contribution in [0.5, 0.6) is 0 Å². The summed E-state index contributed by atoms with van der Waals surface area (Å²) in [5.41, 5.74) is 0. The normalized spacial score (nSPS) is 18.5. The molecule has 3 unspecified atom stereocenters. The van der Waals surface area contributed by atoms with Crippen molar-refractivity contribution in [1.29, 1.82) is 0 Å². The Kier molecular flexibility index (Phi) is 7.53. The molecule has 0 aromatic heterocycles. The second kappa shape index (κ2) is 7.11. The molecule has 0 spiro atoms. The van der Waals surface area contributed by atoms with E-state index in [0.29, 0.717) is 4.58 Å². The van der Waals surface area contributed by atoms with Crippen LogP contribution in [0.3, 0.4) is 0 Å². The van der Waals surface area contributed by atoms with Crippen LogP contribution in [0.4, 0.5) is 0 Å². The van der Waals surface area contributed by atoms with Gasteiger partial charge in [0.15, 0.2) is 0 Å². The van der Waals surface area contributed by atoms with E-state index in [1.807, 2.05) is 11.8 Å². The number of thioether (sulfide) groups is 1. The molecule has 0 aromatic carbocycles. The first kappa shape index (κ1) is 13.8. The van der Waals surface area contributed by atoms with Crippen LogP contribution in [0.2, 0.25) is 0 Å². The van der Waals surface area contributed by atoms with Crippen molar-refractivity contribution in [3.05, 3.63) is 0 Å². The van der Waals surface area contributed by atoms with Gasteiger partial charge in [0.1, 0.15) is 0 Å². The van der Waals surface area contributed by atoms with E-state index in [2.05, 4.69) is 34.0 Å². The van der Waals surface area contributed by atoms with E-state index < -0.39 is 0 Å². The van der Waals surface area contributed by atoms with Crippen molar-refractivity contribution in [3.63, 3.8) is 0 Å². The van der Waals surface area contributed by atoms with Gasteiger partial charge in [0.05, 0.1) is 0 Å². The molecule has 0 fully saturated rings. The van der Waals surface area contributed by atoms with Crippen LogP contribution in [-0.4, -0.2) is 22.8 Å². The summed E-state index contributed by atoms with van der Waals surface area (Å²) in [6, 6.07) is 0. The summed E-state index contributed by atoms with van der Waals surface area (Å²) in [5.74, 6) is 0.776. The third kappa shape index (κ3) is 5.26. The van der Waals surface area contributed by atoms with Gasteiger partial charge in [-0.15, -0.1) is 0 Å². The van der Waals surface area contributed by atoms with Crippen LogP contribution in [-0.2, 0) is 0 Å². The fourth-order valence-corrected chi connectivity index (χ4v) is 4.27. The van der Waals surface area contributed by atoms with Crippen molar-refractivity contribution < 1.29 is 0 Å². The van der Waals surface area contributed by atoms with Gasteiger partial charge < -0.3 is 0 Å². The monoisotopic (exact) mass is 217 g/mol. The fourth-order valence-electron chi connectivity index (χ4n) is 1.38. The maximum atomic E-state index is 6.24. The number of hydrogen-bond acceptors (Lipinski definition) is 1. The molecule has 3 heteroatoms. The van der Waals surface area contributed by atoms with Crippen molar-refractivity contribution >= 4 is 28.8 Å². The standard InChI is InChI=1S/C10H22BS2/c1-6-10(7-8(2)3)13(11)9(4)12-5/h8-10H,6-7H2,1-5H3. The summed E-state index contributed by atoms with van der Waals surface area (Å²) in [7, 11) is 0.0898. The van der Waals surface area contributed by atoms with Crippen LogP contribution in [0.1, 0.15) is 40.5 Å². The average Bonchev–Trinajstić information content (AvgIpc) is 2.11. The predicted molar refractivity (Wildman–Crippen MR) is 69.9 cm³/mol. The minimum absolute atomic E-state index is 0.0898. The molecule has 0 saturated heterocycles. The Labute approximate surface area is 91.5 Å². The molecular weight excluding hydrogens is 195 g/mol. The zero-order chi connectivity index (χ0) is 10.4. The van der Waals surface area contributed by atoms with Crippen molar-refractivity contribution in [2.75, 3.05) is 6.26 Å². The number of hydrogen-bond donors (Lipinski definition) is 0. The molecule has 1 radical (unpaired) electrons. The third-order valence-corrected chi connectivity index (χ3v) is 6.26. The Morgan fingerprint density at radius 3 is 2.15 bits per heavy atom. The van der Waals surface area contributed by atoms with E-state index >= 15 is 0 Å². The van der Waals surface area contributed by atoms with Crippen LogP contribution < -0.4 is 0 Å². The van der Waals surface area contributed by atoms with Crippen LogP contribution in [0, 0.1) is 5.92 Å². The molecule has 0 amide bonds. The SMILES string of the molecule is [B]=S(C(CC)CC(C)C)C(C)SC. The first-order valence-electron chi connectivity index (χ1n) is 5.01. The Hall–Kier alpha value is 0.765. The Morgan fingerprint density at radius 1 is 1.31 bits per heavy atom. The van der Waals surface area contributed by atoms with Crippen LogP contribution >= 0.6 is 22.1 Å². The summed E-state index contributed by atoms with van der Waals surface area (Å²) in [5, 5.41) is 0.724. The molecule has 13 heavy (non-hydrogen) atoms. The van der Waals surface area contributed by atoms with Gasteiger partial charge in [-0.3, -0.25) is 0 Å². The zero-order valence-corrected chi connectivity index (χ0v) is 11.2. The van der Waals surface area contributed by atoms with E-state index in [1.165, 1.54) is 12.8 Å². The molecule has 0 bridgehead atoms. The zero-order valence-electron chi connectivity index (χ0n) is 9.54. The Morgan fingerprint density at radius 2 is 1.85 bits per heavy atom. The summed E-state index contributed by atoms with van der Waals surface area (Å²) in [6.45, 7) is 15.3. The van der Waals surface area contributed by atoms with Gasteiger partial charge in [-0.25, -0.2) is 0 Å². The van der Waals surface area contributed by atoms with E-state index in [-0.39, 0.29) is 10.3 Å². The molecule has 0 saturated carbocycles. The van der Waals surface area contributed by atoms with Crippen molar-refractivity contribution in [3.8, 4) is 0 Å². The molecule has 0 N–H and O–H groups in total. The molecule has 77 valence electrons. The van der Waals surface area contributed by atoms with E-state index in [0.717, 1.165) is 11.2 Å². The average molecular weight is 217 g/mol. The topological polar surface area (TPSA) is 0 Å².